The summed E-state index contributed by atoms with van der Waals surface area (Å²) in [5.74, 6) is -0.332. The molecule has 0 bridgehead atoms. The standard InChI is InChI=1S/C23H28N4O/c1-16(2)26-10-12-27(13-11-26)22-9-8-18(14-17(22)3)24-15-20-19-6-4-5-7-21(19)25-23(20)28/h4-9,14-16,20H,10-13H2,1-3H3,(H,25,28). The van der Waals surface area contributed by atoms with E-state index in [0.717, 1.165) is 43.1 Å². The molecule has 2 aliphatic rings. The van der Waals surface area contributed by atoms with E-state index in [1.165, 1.54) is 11.3 Å². The molecule has 1 atom stereocenters. The molecule has 2 aliphatic heterocycles. The second-order valence-electron chi connectivity index (χ2n) is 7.92. The van der Waals surface area contributed by atoms with Crippen molar-refractivity contribution in [2.24, 2.45) is 4.99 Å². The second kappa shape index (κ2) is 7.76. The van der Waals surface area contributed by atoms with Gasteiger partial charge in [0, 0.05) is 49.8 Å². The van der Waals surface area contributed by atoms with Crippen LogP contribution in [0.5, 0.6) is 0 Å². The van der Waals surface area contributed by atoms with Crippen LogP contribution in [-0.4, -0.2) is 49.2 Å². The molecular weight excluding hydrogens is 348 g/mol. The summed E-state index contributed by atoms with van der Waals surface area (Å²) in [5.41, 5.74) is 5.28. The van der Waals surface area contributed by atoms with E-state index in [9.17, 15) is 4.79 Å². The Kier molecular flexibility index (Phi) is 5.18. The van der Waals surface area contributed by atoms with Gasteiger partial charge < -0.3 is 10.2 Å². The van der Waals surface area contributed by atoms with Crippen LogP contribution >= 0.6 is 0 Å². The number of amides is 1. The van der Waals surface area contributed by atoms with Gasteiger partial charge in [0.05, 0.1) is 5.69 Å². The van der Waals surface area contributed by atoms with E-state index in [1.54, 1.807) is 6.21 Å². The Morgan fingerprint density at radius 1 is 1.11 bits per heavy atom. The molecule has 2 aromatic rings. The summed E-state index contributed by atoms with van der Waals surface area (Å²) >= 11 is 0. The van der Waals surface area contributed by atoms with Gasteiger partial charge in [0.15, 0.2) is 0 Å². The van der Waals surface area contributed by atoms with E-state index < -0.39 is 0 Å². The van der Waals surface area contributed by atoms with Crippen molar-refractivity contribution in [1.29, 1.82) is 0 Å². The van der Waals surface area contributed by atoms with Crippen LogP contribution in [0.4, 0.5) is 17.1 Å². The number of hydrogen-bond donors (Lipinski definition) is 1. The summed E-state index contributed by atoms with van der Waals surface area (Å²) in [6.45, 7) is 11.0. The van der Waals surface area contributed by atoms with E-state index in [0.29, 0.717) is 6.04 Å². The number of fused-ring (bicyclic) bond motifs is 1. The number of nitrogens with zero attached hydrogens (tertiary/aromatic N) is 3. The molecule has 5 nitrogen and oxygen atoms in total. The van der Waals surface area contributed by atoms with Crippen molar-refractivity contribution < 1.29 is 4.79 Å². The fraction of sp³-hybridized carbons (Fsp3) is 0.391. The first-order valence-corrected chi connectivity index (χ1v) is 10.1. The molecule has 1 amide bonds. The Balaban J connectivity index is 1.47. The molecule has 28 heavy (non-hydrogen) atoms. The maximum Gasteiger partial charge on any atom is 0.237 e. The number of carbonyl (C=O) groups excluding carboxylic acids is 1. The highest BCUT2D eigenvalue weighted by molar-refractivity contribution is 6.12. The van der Waals surface area contributed by atoms with Gasteiger partial charge in [0.25, 0.3) is 0 Å². The Hall–Kier alpha value is -2.66. The first kappa shape index (κ1) is 18.7. The van der Waals surface area contributed by atoms with E-state index in [4.69, 9.17) is 0 Å². The van der Waals surface area contributed by atoms with Crippen LogP contribution in [0.1, 0.15) is 30.9 Å². The third kappa shape index (κ3) is 3.67. The predicted octanol–water partition coefficient (Wildman–Crippen LogP) is 3.96. The molecule has 1 unspecified atom stereocenters. The van der Waals surface area contributed by atoms with Gasteiger partial charge in [-0.3, -0.25) is 14.7 Å². The molecule has 1 fully saturated rings. The van der Waals surface area contributed by atoms with Crippen molar-refractivity contribution in [2.75, 3.05) is 36.4 Å². The highest BCUT2D eigenvalue weighted by Crippen LogP contribution is 2.32. The Morgan fingerprint density at radius 3 is 2.57 bits per heavy atom. The van der Waals surface area contributed by atoms with Crippen molar-refractivity contribution in [1.82, 2.24) is 4.90 Å². The molecular formula is C23H28N4O. The Morgan fingerprint density at radius 2 is 1.86 bits per heavy atom. The van der Waals surface area contributed by atoms with Crippen LogP contribution in [0.25, 0.3) is 0 Å². The summed E-state index contributed by atoms with van der Waals surface area (Å²) < 4.78 is 0. The average Bonchev–Trinajstić information content (AvgIpc) is 3.01. The minimum atomic E-state index is -0.319. The van der Waals surface area contributed by atoms with Gasteiger partial charge in [-0.15, -0.1) is 0 Å². The molecule has 0 aromatic heterocycles. The van der Waals surface area contributed by atoms with Crippen LogP contribution in [0.2, 0.25) is 0 Å². The third-order valence-electron chi connectivity index (χ3n) is 5.77. The molecule has 2 aromatic carbocycles. The van der Waals surface area contributed by atoms with Gasteiger partial charge in [-0.25, -0.2) is 0 Å². The Bertz CT molecular complexity index is 897. The van der Waals surface area contributed by atoms with Gasteiger partial charge in [-0.2, -0.15) is 0 Å². The number of aryl methyl sites for hydroxylation is 1. The second-order valence-corrected chi connectivity index (χ2v) is 7.92. The summed E-state index contributed by atoms with van der Waals surface area (Å²) in [6.07, 6.45) is 1.76. The topological polar surface area (TPSA) is 47.9 Å². The van der Waals surface area contributed by atoms with Crippen molar-refractivity contribution in [3.63, 3.8) is 0 Å². The van der Waals surface area contributed by atoms with Crippen LogP contribution < -0.4 is 10.2 Å². The van der Waals surface area contributed by atoms with Crippen molar-refractivity contribution in [3.05, 3.63) is 53.6 Å². The number of hydrogen-bond acceptors (Lipinski definition) is 4. The first-order valence-electron chi connectivity index (χ1n) is 10.1. The normalized spacial score (nSPS) is 20.1. The van der Waals surface area contributed by atoms with Gasteiger partial charge in [0.1, 0.15) is 5.92 Å². The zero-order valence-corrected chi connectivity index (χ0v) is 16.9. The lowest BCUT2D eigenvalue weighted by Crippen LogP contribution is -2.49. The van der Waals surface area contributed by atoms with Gasteiger partial charge in [0.2, 0.25) is 5.91 Å². The van der Waals surface area contributed by atoms with Gasteiger partial charge in [-0.1, -0.05) is 18.2 Å². The minimum Gasteiger partial charge on any atom is -0.369 e. The lowest BCUT2D eigenvalue weighted by molar-refractivity contribution is -0.115. The van der Waals surface area contributed by atoms with Gasteiger partial charge in [-0.05, 0) is 56.2 Å². The molecule has 1 N–H and O–H groups in total. The zero-order valence-electron chi connectivity index (χ0n) is 16.9. The first-order chi connectivity index (χ1) is 13.5. The van der Waals surface area contributed by atoms with E-state index in [-0.39, 0.29) is 11.8 Å². The quantitative estimate of drug-likeness (QED) is 0.822. The molecule has 2 heterocycles. The van der Waals surface area contributed by atoms with Crippen LogP contribution in [0, 0.1) is 6.92 Å². The third-order valence-corrected chi connectivity index (χ3v) is 5.77. The largest absolute Gasteiger partial charge is 0.369 e. The molecule has 0 spiro atoms. The number of aliphatic imine (C=N–C) groups is 1. The molecule has 0 aliphatic carbocycles. The predicted molar refractivity (Wildman–Crippen MR) is 116 cm³/mol. The molecule has 0 radical (unpaired) electrons. The lowest BCUT2D eigenvalue weighted by Gasteiger charge is -2.38. The van der Waals surface area contributed by atoms with Crippen molar-refractivity contribution in [3.8, 4) is 0 Å². The number of carbonyl (C=O) groups is 1. The number of piperazine rings is 1. The van der Waals surface area contributed by atoms with Crippen LogP contribution in [-0.2, 0) is 4.79 Å². The summed E-state index contributed by atoms with van der Waals surface area (Å²) in [5, 5.41) is 2.92. The SMILES string of the molecule is Cc1cc(N=CC2C(=O)Nc3ccccc32)ccc1N1CCN(C(C)C)CC1. The smallest absolute Gasteiger partial charge is 0.237 e. The Labute approximate surface area is 167 Å². The van der Waals surface area contributed by atoms with E-state index >= 15 is 0 Å². The van der Waals surface area contributed by atoms with E-state index in [2.05, 4.69) is 53.0 Å². The molecule has 0 saturated carbocycles. The molecule has 1 saturated heterocycles. The fourth-order valence-electron chi connectivity index (χ4n) is 4.10. The highest BCUT2D eigenvalue weighted by Gasteiger charge is 2.28. The van der Waals surface area contributed by atoms with Crippen LogP contribution in [0.15, 0.2) is 47.5 Å². The summed E-state index contributed by atoms with van der Waals surface area (Å²) in [6, 6.07) is 14.7. The molecule has 146 valence electrons. The highest BCUT2D eigenvalue weighted by atomic mass is 16.2. The maximum atomic E-state index is 12.2. The molecule has 5 heteroatoms. The number of nitrogens with one attached hydrogen (secondary N) is 1. The zero-order chi connectivity index (χ0) is 19.7. The number of anilines is 2. The summed E-state index contributed by atoms with van der Waals surface area (Å²) in [4.78, 5) is 21.8. The minimum absolute atomic E-state index is 0.0127. The maximum absolute atomic E-state index is 12.2. The van der Waals surface area contributed by atoms with Gasteiger partial charge >= 0.3 is 0 Å². The number of rotatable bonds is 4. The fourth-order valence-corrected chi connectivity index (χ4v) is 4.10. The average molecular weight is 377 g/mol. The molecule has 4 rings (SSSR count). The summed E-state index contributed by atoms with van der Waals surface area (Å²) in [7, 11) is 0. The number of para-hydroxylation sites is 1. The lowest BCUT2D eigenvalue weighted by atomic mass is 10.0. The van der Waals surface area contributed by atoms with Crippen molar-refractivity contribution in [2.45, 2.75) is 32.7 Å². The monoisotopic (exact) mass is 376 g/mol. The van der Waals surface area contributed by atoms with E-state index in [1.807, 2.05) is 30.3 Å². The number of benzene rings is 2. The van der Waals surface area contributed by atoms with Crippen LogP contribution in [0.3, 0.4) is 0 Å². The van der Waals surface area contributed by atoms with Crippen molar-refractivity contribution >= 4 is 29.2 Å².